The number of ketones is 1. The molecular weight excluding hydrogens is 645 g/mol. The Hall–Kier alpha value is -3.74. The number of aryl methyl sites for hydroxylation is 1. The molecule has 49 heavy (non-hydrogen) atoms. The molecule has 260 valence electrons. The molecule has 0 amide bonds. The van der Waals surface area contributed by atoms with Crippen molar-refractivity contribution < 1.29 is 50.9 Å². The number of carbonyl (C=O) groups excluding carboxylic acids is 2. The van der Waals surface area contributed by atoms with Crippen molar-refractivity contribution in [3.63, 3.8) is 0 Å². The van der Waals surface area contributed by atoms with Gasteiger partial charge in [-0.15, -0.1) is 0 Å². The molecule has 1 saturated carbocycles. The molecule has 1 aromatic carbocycles. The van der Waals surface area contributed by atoms with Crippen molar-refractivity contribution >= 4 is 11.8 Å². The number of allylic oxidation sites excluding steroid dienone is 2. The fourth-order valence-electron chi connectivity index (χ4n) is 10.7. The Bertz CT molecular complexity index is 1920. The number of methoxy groups -OCH3 is 1. The second-order valence-electron chi connectivity index (χ2n) is 14.6. The summed E-state index contributed by atoms with van der Waals surface area (Å²) >= 11 is 0. The summed E-state index contributed by atoms with van der Waals surface area (Å²) < 4.78 is 82.5. The molecule has 3 aliphatic carbocycles. The molecule has 4 heterocycles. The first-order valence-electron chi connectivity index (χ1n) is 16.5. The molecule has 12 heteroatoms. The van der Waals surface area contributed by atoms with E-state index in [0.29, 0.717) is 23.3 Å². The van der Waals surface area contributed by atoms with Crippen LogP contribution in [-0.4, -0.2) is 49.1 Å². The number of carbonyl (C=O) groups is 2. The van der Waals surface area contributed by atoms with Gasteiger partial charge < -0.3 is 28.1 Å². The van der Waals surface area contributed by atoms with Gasteiger partial charge in [0.2, 0.25) is 6.29 Å². The van der Waals surface area contributed by atoms with Crippen molar-refractivity contribution in [3.05, 3.63) is 86.5 Å². The van der Waals surface area contributed by atoms with Crippen LogP contribution in [0.1, 0.15) is 68.6 Å². The molecule has 3 aliphatic heterocycles. The quantitative estimate of drug-likeness (QED) is 0.279. The van der Waals surface area contributed by atoms with Gasteiger partial charge in [0.15, 0.2) is 11.4 Å². The molecule has 8 rings (SSSR count). The van der Waals surface area contributed by atoms with Gasteiger partial charge in [-0.25, -0.2) is 9.59 Å². The van der Waals surface area contributed by atoms with Crippen molar-refractivity contribution in [2.45, 2.75) is 95.9 Å². The lowest BCUT2D eigenvalue weighted by molar-refractivity contribution is -0.292. The van der Waals surface area contributed by atoms with E-state index < -0.39 is 75.9 Å². The van der Waals surface area contributed by atoms with Crippen molar-refractivity contribution in [2.24, 2.45) is 22.7 Å². The largest absolute Gasteiger partial charge is 0.478 e. The van der Waals surface area contributed by atoms with Crippen LogP contribution in [0.15, 0.2) is 62.8 Å². The van der Waals surface area contributed by atoms with E-state index in [-0.39, 0.29) is 35.9 Å². The Morgan fingerprint density at radius 2 is 1.76 bits per heavy atom. The zero-order chi connectivity index (χ0) is 35.1. The minimum atomic E-state index is -5.23. The molecule has 3 fully saturated rings. The smallest absolute Gasteiger partial charge is 0.432 e. The van der Waals surface area contributed by atoms with E-state index in [1.165, 1.54) is 18.2 Å². The van der Waals surface area contributed by atoms with Crippen LogP contribution in [0.4, 0.5) is 13.2 Å². The van der Waals surface area contributed by atoms with Gasteiger partial charge in [0.1, 0.15) is 23.2 Å². The van der Waals surface area contributed by atoms with Crippen LogP contribution >= 0.6 is 0 Å². The van der Waals surface area contributed by atoms with E-state index in [1.54, 1.807) is 19.9 Å². The van der Waals surface area contributed by atoms with Crippen LogP contribution in [0.3, 0.4) is 0 Å². The van der Waals surface area contributed by atoms with Crippen molar-refractivity contribution in [1.29, 1.82) is 0 Å². The number of hydrogen-bond donors (Lipinski definition) is 0. The summed E-state index contributed by atoms with van der Waals surface area (Å²) in [7, 11) is 0.810. The molecule has 6 aliphatic rings. The molecule has 0 unspecified atom stereocenters. The molecular formula is C37H37F3O9. The molecule has 2 spiro atoms. The molecule has 0 bridgehead atoms. The van der Waals surface area contributed by atoms with Gasteiger partial charge in [-0.2, -0.15) is 13.2 Å². The fourth-order valence-corrected chi connectivity index (χ4v) is 10.7. The second kappa shape index (κ2) is 10.2. The highest BCUT2D eigenvalue weighted by atomic mass is 19.4. The summed E-state index contributed by atoms with van der Waals surface area (Å²) in [4.78, 5) is 41.0. The summed E-state index contributed by atoms with van der Waals surface area (Å²) in [5.74, 6) is -1.83. The molecule has 9 nitrogen and oxygen atoms in total. The van der Waals surface area contributed by atoms with Gasteiger partial charge in [-0.3, -0.25) is 4.79 Å². The number of ether oxygens (including phenoxy) is 5. The van der Waals surface area contributed by atoms with E-state index in [4.69, 9.17) is 28.1 Å². The first kappa shape index (κ1) is 32.5. The van der Waals surface area contributed by atoms with E-state index >= 15 is 13.2 Å². The zero-order valence-corrected chi connectivity index (χ0v) is 27.9. The standard InChI is InChI=1S/C37H37F3O9/c1-17-14-22(41)16-25-33(5)23(17)12-13-34-28(33)24(46-25)15-18(2)35(34)29(26-27(49-35)19(3)20(4)45-30(26)42)47-32(34)48-31(43)36(44-6,37(38,39)40)21-10-8-7-9-11-21/h7-11,14-15,23-25,28-29,32H,12-13,16H2,1-6H3/t23-,24+,25-,28+,29-,32+,33+,34+,35+,36-/m0/s1. The minimum Gasteiger partial charge on any atom is -0.478 e. The van der Waals surface area contributed by atoms with Gasteiger partial charge in [-0.1, -0.05) is 48.9 Å². The maximum absolute atomic E-state index is 15.1. The van der Waals surface area contributed by atoms with Crippen LogP contribution < -0.4 is 10.4 Å². The number of fused-ring (bicyclic) bond motifs is 2. The number of alkyl halides is 3. The highest BCUT2D eigenvalue weighted by Gasteiger charge is 2.84. The maximum atomic E-state index is 15.1. The van der Waals surface area contributed by atoms with E-state index in [2.05, 4.69) is 0 Å². The zero-order valence-electron chi connectivity index (χ0n) is 27.9. The topological polar surface area (TPSA) is 110 Å². The maximum Gasteiger partial charge on any atom is 0.432 e. The van der Waals surface area contributed by atoms with E-state index in [0.717, 1.165) is 24.8 Å². The van der Waals surface area contributed by atoms with E-state index in [1.807, 2.05) is 26.8 Å². The number of halogens is 3. The lowest BCUT2D eigenvalue weighted by atomic mass is 9.42. The first-order chi connectivity index (χ1) is 23.1. The number of esters is 1. The Labute approximate surface area is 280 Å². The Kier molecular flexibility index (Phi) is 6.74. The summed E-state index contributed by atoms with van der Waals surface area (Å²) in [5.41, 5.74) is -6.08. The third kappa shape index (κ3) is 3.70. The monoisotopic (exact) mass is 682 g/mol. The predicted octanol–water partition coefficient (Wildman–Crippen LogP) is 6.10. The Morgan fingerprint density at radius 3 is 2.43 bits per heavy atom. The average molecular weight is 683 g/mol. The van der Waals surface area contributed by atoms with Crippen molar-refractivity contribution in [3.8, 4) is 5.75 Å². The van der Waals surface area contributed by atoms with Crippen molar-refractivity contribution in [1.82, 2.24) is 0 Å². The van der Waals surface area contributed by atoms with Crippen LogP contribution in [0.2, 0.25) is 0 Å². The number of hydrogen-bond acceptors (Lipinski definition) is 9. The van der Waals surface area contributed by atoms with E-state index in [9.17, 15) is 14.4 Å². The molecule has 0 radical (unpaired) electrons. The minimum absolute atomic E-state index is 0.0732. The summed E-state index contributed by atoms with van der Waals surface area (Å²) in [5, 5.41) is 0. The predicted molar refractivity (Wildman–Crippen MR) is 165 cm³/mol. The molecule has 2 aromatic rings. The second-order valence-corrected chi connectivity index (χ2v) is 14.6. The third-order valence-corrected chi connectivity index (χ3v) is 12.7. The summed E-state index contributed by atoms with van der Waals surface area (Å²) in [6.07, 6.45) is -4.80. The van der Waals surface area contributed by atoms with Gasteiger partial charge in [0, 0.05) is 36.0 Å². The number of benzene rings is 1. The third-order valence-electron chi connectivity index (χ3n) is 12.7. The van der Waals surface area contributed by atoms with Crippen LogP contribution in [0, 0.1) is 36.5 Å². The van der Waals surface area contributed by atoms with Gasteiger partial charge in [-0.05, 0) is 58.1 Å². The Morgan fingerprint density at radius 1 is 1.04 bits per heavy atom. The van der Waals surface area contributed by atoms with Gasteiger partial charge in [0.05, 0.1) is 17.6 Å². The van der Waals surface area contributed by atoms with Crippen LogP contribution in [0.25, 0.3) is 0 Å². The summed E-state index contributed by atoms with van der Waals surface area (Å²) in [6, 6.07) is 6.59. The van der Waals surface area contributed by atoms with Gasteiger partial charge >= 0.3 is 17.8 Å². The lowest BCUT2D eigenvalue weighted by Gasteiger charge is -2.61. The SMILES string of the molecule is CO[C@](C(=O)O[C@H]1O[C@H]2c3c(c(C)c(C)oc3=O)O[C@]23C(C)=C[C@H]2O[C@H]4CC(=O)C=C(C)[C@@H]5CC[C@@]13[C@H]2[C@@]45C)(c1ccccc1)C(F)(F)F. The Balaban J connectivity index is 1.36. The lowest BCUT2D eigenvalue weighted by Crippen LogP contribution is -2.68. The first-order valence-corrected chi connectivity index (χ1v) is 16.5. The highest BCUT2D eigenvalue weighted by molar-refractivity contribution is 5.91. The molecule has 1 aromatic heterocycles. The highest BCUT2D eigenvalue weighted by Crippen LogP contribution is 2.78. The van der Waals surface area contributed by atoms with Gasteiger partial charge in [0.25, 0.3) is 5.60 Å². The summed E-state index contributed by atoms with van der Waals surface area (Å²) in [6.45, 7) is 9.19. The van der Waals surface area contributed by atoms with Crippen molar-refractivity contribution in [2.75, 3.05) is 7.11 Å². The molecule has 0 N–H and O–H groups in total. The molecule has 10 atom stereocenters. The molecule has 2 saturated heterocycles. The average Bonchev–Trinajstić information content (AvgIpc) is 3.59. The van der Waals surface area contributed by atoms with Crippen LogP contribution in [0.5, 0.6) is 5.75 Å². The van der Waals surface area contributed by atoms with Crippen LogP contribution in [-0.2, 0) is 34.1 Å². The number of rotatable bonds is 4. The fraction of sp³-hybridized carbons (Fsp3) is 0.541. The normalized spacial score (nSPS) is 38.2.